The van der Waals surface area contributed by atoms with E-state index in [1.165, 1.54) is 4.88 Å². The van der Waals surface area contributed by atoms with Gasteiger partial charge < -0.3 is 4.98 Å². The van der Waals surface area contributed by atoms with E-state index in [9.17, 15) is 4.79 Å². The van der Waals surface area contributed by atoms with Crippen LogP contribution in [-0.4, -0.2) is 17.1 Å². The predicted octanol–water partition coefficient (Wildman–Crippen LogP) is 3.23. The molecule has 0 saturated carbocycles. The standard InChI is InChI=1S/C16H15N3OS/c1-11-6-7-13(21-11)10-18-19-16(20)8-12-9-17-15-5-3-2-4-14(12)15/h2-7,9-10,17H,8H2,1H3,(H,19,20)/b18-10-. The molecule has 0 atom stereocenters. The molecule has 21 heavy (non-hydrogen) atoms. The highest BCUT2D eigenvalue weighted by molar-refractivity contribution is 7.13. The average molecular weight is 297 g/mol. The Kier molecular flexibility index (Phi) is 3.83. The van der Waals surface area contributed by atoms with Gasteiger partial charge >= 0.3 is 0 Å². The topological polar surface area (TPSA) is 57.2 Å². The molecule has 4 nitrogen and oxygen atoms in total. The van der Waals surface area contributed by atoms with Gasteiger partial charge in [0.1, 0.15) is 0 Å². The first-order chi connectivity index (χ1) is 10.2. The Morgan fingerprint density at radius 1 is 1.33 bits per heavy atom. The summed E-state index contributed by atoms with van der Waals surface area (Å²) in [5.74, 6) is -0.121. The van der Waals surface area contributed by atoms with E-state index < -0.39 is 0 Å². The first kappa shape index (κ1) is 13.6. The molecule has 0 aliphatic rings. The lowest BCUT2D eigenvalue weighted by Gasteiger charge is -1.98. The number of H-pyrrole nitrogens is 1. The minimum absolute atomic E-state index is 0.121. The molecule has 0 aliphatic heterocycles. The molecule has 0 fully saturated rings. The Morgan fingerprint density at radius 3 is 3.00 bits per heavy atom. The van der Waals surface area contributed by atoms with Crippen LogP contribution < -0.4 is 5.43 Å². The summed E-state index contributed by atoms with van der Waals surface area (Å²) in [6.07, 6.45) is 3.85. The van der Waals surface area contributed by atoms with E-state index in [0.29, 0.717) is 6.42 Å². The zero-order chi connectivity index (χ0) is 14.7. The second-order valence-corrected chi connectivity index (χ2v) is 6.10. The van der Waals surface area contributed by atoms with Crippen LogP contribution in [0.15, 0.2) is 47.7 Å². The summed E-state index contributed by atoms with van der Waals surface area (Å²) in [5, 5.41) is 5.07. The molecule has 106 valence electrons. The van der Waals surface area contributed by atoms with Crippen LogP contribution in [0.3, 0.4) is 0 Å². The zero-order valence-corrected chi connectivity index (χ0v) is 12.4. The van der Waals surface area contributed by atoms with Crippen LogP contribution in [0.25, 0.3) is 10.9 Å². The summed E-state index contributed by atoms with van der Waals surface area (Å²) in [7, 11) is 0. The van der Waals surface area contributed by atoms with Gasteiger partial charge in [0.25, 0.3) is 0 Å². The monoisotopic (exact) mass is 297 g/mol. The Balaban J connectivity index is 1.63. The molecule has 0 spiro atoms. The summed E-state index contributed by atoms with van der Waals surface area (Å²) < 4.78 is 0. The van der Waals surface area contributed by atoms with Crippen molar-refractivity contribution in [2.24, 2.45) is 5.10 Å². The van der Waals surface area contributed by atoms with Gasteiger partial charge in [-0.3, -0.25) is 4.79 Å². The smallest absolute Gasteiger partial charge is 0.244 e. The number of benzene rings is 1. The molecule has 2 N–H and O–H groups in total. The maximum absolute atomic E-state index is 11.9. The van der Waals surface area contributed by atoms with E-state index >= 15 is 0 Å². The number of amides is 1. The average Bonchev–Trinajstić information content (AvgIpc) is 3.06. The molecule has 1 amide bonds. The van der Waals surface area contributed by atoms with Crippen LogP contribution in [0, 0.1) is 6.92 Å². The molecular weight excluding hydrogens is 282 g/mol. The lowest BCUT2D eigenvalue weighted by Crippen LogP contribution is -2.19. The van der Waals surface area contributed by atoms with Crippen molar-refractivity contribution in [2.75, 3.05) is 0 Å². The van der Waals surface area contributed by atoms with E-state index in [-0.39, 0.29) is 5.91 Å². The molecule has 0 aliphatic carbocycles. The Bertz CT molecular complexity index is 801. The molecule has 5 heteroatoms. The molecule has 0 bridgehead atoms. The van der Waals surface area contributed by atoms with Crippen molar-refractivity contribution in [1.29, 1.82) is 0 Å². The number of para-hydroxylation sites is 1. The first-order valence-electron chi connectivity index (χ1n) is 6.66. The summed E-state index contributed by atoms with van der Waals surface area (Å²) >= 11 is 1.64. The molecule has 0 unspecified atom stereocenters. The van der Waals surface area contributed by atoms with E-state index in [1.54, 1.807) is 17.6 Å². The van der Waals surface area contributed by atoms with Crippen LogP contribution in [-0.2, 0) is 11.2 Å². The van der Waals surface area contributed by atoms with E-state index in [2.05, 4.69) is 15.5 Å². The Labute approximate surface area is 126 Å². The highest BCUT2D eigenvalue weighted by Crippen LogP contribution is 2.18. The third-order valence-corrected chi connectivity index (χ3v) is 4.10. The van der Waals surface area contributed by atoms with Crippen molar-refractivity contribution in [3.8, 4) is 0 Å². The van der Waals surface area contributed by atoms with Crippen molar-refractivity contribution in [2.45, 2.75) is 13.3 Å². The molecule has 2 heterocycles. The van der Waals surface area contributed by atoms with Gasteiger partial charge in [-0.25, -0.2) is 5.43 Å². The van der Waals surface area contributed by atoms with Gasteiger partial charge in [-0.1, -0.05) is 18.2 Å². The van der Waals surface area contributed by atoms with Crippen LogP contribution in [0.5, 0.6) is 0 Å². The van der Waals surface area contributed by atoms with E-state index in [1.807, 2.05) is 49.5 Å². The number of carbonyl (C=O) groups excluding carboxylic acids is 1. The minimum Gasteiger partial charge on any atom is -0.361 e. The predicted molar refractivity (Wildman–Crippen MR) is 86.8 cm³/mol. The van der Waals surface area contributed by atoms with Gasteiger partial charge in [-0.15, -0.1) is 11.3 Å². The third-order valence-electron chi connectivity index (χ3n) is 3.17. The maximum atomic E-state index is 11.9. The van der Waals surface area contributed by atoms with Crippen LogP contribution >= 0.6 is 11.3 Å². The molecule has 3 aromatic rings. The number of aryl methyl sites for hydroxylation is 1. The first-order valence-corrected chi connectivity index (χ1v) is 7.47. The van der Waals surface area contributed by atoms with Crippen LogP contribution in [0.4, 0.5) is 0 Å². The lowest BCUT2D eigenvalue weighted by molar-refractivity contribution is -0.120. The lowest BCUT2D eigenvalue weighted by atomic mass is 10.1. The Morgan fingerprint density at radius 2 is 2.19 bits per heavy atom. The summed E-state index contributed by atoms with van der Waals surface area (Å²) in [5.41, 5.74) is 4.58. The van der Waals surface area contributed by atoms with Crippen LogP contribution in [0.1, 0.15) is 15.3 Å². The number of rotatable bonds is 4. The van der Waals surface area contributed by atoms with Gasteiger partial charge in [0.15, 0.2) is 0 Å². The zero-order valence-electron chi connectivity index (χ0n) is 11.6. The number of aromatic amines is 1. The van der Waals surface area contributed by atoms with Crippen molar-refractivity contribution < 1.29 is 4.79 Å². The SMILES string of the molecule is Cc1ccc(/C=N\NC(=O)Cc2c[nH]c3ccccc23)s1. The fourth-order valence-electron chi connectivity index (χ4n) is 2.18. The third kappa shape index (κ3) is 3.20. The number of nitrogens with zero attached hydrogens (tertiary/aromatic N) is 1. The number of aromatic nitrogens is 1. The second kappa shape index (κ2) is 5.93. The highest BCUT2D eigenvalue weighted by atomic mass is 32.1. The summed E-state index contributed by atoms with van der Waals surface area (Å²) in [6, 6.07) is 11.9. The van der Waals surface area contributed by atoms with Crippen molar-refractivity contribution >= 4 is 34.4 Å². The molecule has 3 rings (SSSR count). The second-order valence-electron chi connectivity index (χ2n) is 4.78. The fraction of sp³-hybridized carbons (Fsp3) is 0.125. The highest BCUT2D eigenvalue weighted by Gasteiger charge is 2.07. The minimum atomic E-state index is -0.121. The largest absolute Gasteiger partial charge is 0.361 e. The van der Waals surface area contributed by atoms with Crippen molar-refractivity contribution in [3.05, 3.63) is 57.9 Å². The van der Waals surface area contributed by atoms with Crippen molar-refractivity contribution in [1.82, 2.24) is 10.4 Å². The van der Waals surface area contributed by atoms with E-state index in [4.69, 9.17) is 0 Å². The normalized spacial score (nSPS) is 11.3. The number of nitrogens with one attached hydrogen (secondary N) is 2. The Hall–Kier alpha value is -2.40. The number of carbonyl (C=O) groups is 1. The summed E-state index contributed by atoms with van der Waals surface area (Å²) in [6.45, 7) is 2.04. The molecule has 2 aromatic heterocycles. The quantitative estimate of drug-likeness (QED) is 0.564. The molecule has 0 radical (unpaired) electrons. The number of hydrogen-bond acceptors (Lipinski definition) is 3. The summed E-state index contributed by atoms with van der Waals surface area (Å²) in [4.78, 5) is 17.3. The van der Waals surface area contributed by atoms with Gasteiger partial charge in [-0.05, 0) is 30.7 Å². The van der Waals surface area contributed by atoms with Gasteiger partial charge in [0.05, 0.1) is 12.6 Å². The fourth-order valence-corrected chi connectivity index (χ4v) is 2.93. The number of hydrogen-bond donors (Lipinski definition) is 2. The number of thiophene rings is 1. The molecular formula is C16H15N3OS. The van der Waals surface area contributed by atoms with Gasteiger partial charge in [-0.2, -0.15) is 5.10 Å². The number of fused-ring (bicyclic) bond motifs is 1. The molecule has 0 saturated heterocycles. The number of hydrazone groups is 1. The molecule has 1 aromatic carbocycles. The van der Waals surface area contributed by atoms with Gasteiger partial charge in [0.2, 0.25) is 5.91 Å². The maximum Gasteiger partial charge on any atom is 0.244 e. The van der Waals surface area contributed by atoms with E-state index in [0.717, 1.165) is 21.3 Å². The van der Waals surface area contributed by atoms with Crippen LogP contribution in [0.2, 0.25) is 0 Å². The van der Waals surface area contributed by atoms with Crippen molar-refractivity contribution in [3.63, 3.8) is 0 Å². The van der Waals surface area contributed by atoms with Gasteiger partial charge in [0, 0.05) is 26.9 Å².